The number of halogens is 3. The lowest BCUT2D eigenvalue weighted by Gasteiger charge is -2.24. The van der Waals surface area contributed by atoms with Crippen molar-refractivity contribution in [3.63, 3.8) is 0 Å². The normalized spacial score (nSPS) is 12.5. The van der Waals surface area contributed by atoms with Crippen LogP contribution in [-0.2, 0) is 19.9 Å². The van der Waals surface area contributed by atoms with Crippen molar-refractivity contribution in [1.82, 2.24) is 0 Å². The van der Waals surface area contributed by atoms with Crippen LogP contribution in [0.4, 0.5) is 0 Å². The molecular formula is C24H18Cl3NO7. The fourth-order valence-corrected chi connectivity index (χ4v) is 3.78. The van der Waals surface area contributed by atoms with Crippen molar-refractivity contribution in [2.24, 2.45) is 5.73 Å². The number of hydrogen-bond donors (Lipinski definition) is 3. The number of carbonyl (C=O) groups excluding carboxylic acids is 2. The first-order valence-corrected chi connectivity index (χ1v) is 11.1. The predicted octanol–water partition coefficient (Wildman–Crippen LogP) is 5.18. The quantitative estimate of drug-likeness (QED) is 0.203. The lowest BCUT2D eigenvalue weighted by molar-refractivity contribution is -0.161. The maximum atomic E-state index is 12.8. The van der Waals surface area contributed by atoms with E-state index in [1.54, 1.807) is 0 Å². The Morgan fingerprint density at radius 3 is 2.11 bits per heavy atom. The van der Waals surface area contributed by atoms with Gasteiger partial charge in [-0.25, -0.2) is 9.59 Å². The molecule has 0 spiro atoms. The van der Waals surface area contributed by atoms with Gasteiger partial charge < -0.3 is 25.4 Å². The van der Waals surface area contributed by atoms with E-state index >= 15 is 0 Å². The van der Waals surface area contributed by atoms with Gasteiger partial charge in [-0.3, -0.25) is 4.79 Å². The van der Waals surface area contributed by atoms with Crippen LogP contribution in [0.15, 0.2) is 54.6 Å². The minimum atomic E-state index is -2.56. The molecule has 182 valence electrons. The Bertz CT molecular complexity index is 1290. The first-order chi connectivity index (χ1) is 16.5. The second-order valence-electron chi connectivity index (χ2n) is 7.22. The average molecular weight is 539 g/mol. The number of aromatic hydroxyl groups is 1. The number of ether oxygens (including phenoxy) is 2. The molecule has 0 fully saturated rings. The SMILES string of the molecule is CCOC(=O)C(N)(C(=O)O)c1cc(Cl)c(Oc2ccc(O)c(C(=O)c3ccc(Cl)cc3)c2)c(Cl)c1. The van der Waals surface area contributed by atoms with Crippen LogP contribution in [0.1, 0.15) is 28.4 Å². The number of phenols is 1. The van der Waals surface area contributed by atoms with Crippen LogP contribution in [0.2, 0.25) is 15.1 Å². The Labute approximate surface area is 214 Å². The Balaban J connectivity index is 1.97. The minimum absolute atomic E-state index is 0.0529. The van der Waals surface area contributed by atoms with Gasteiger partial charge in [0.15, 0.2) is 11.5 Å². The summed E-state index contributed by atoms with van der Waals surface area (Å²) in [7, 11) is 0. The average Bonchev–Trinajstić information content (AvgIpc) is 2.81. The number of carbonyl (C=O) groups is 3. The molecule has 4 N–H and O–H groups in total. The van der Waals surface area contributed by atoms with Gasteiger partial charge in [0.2, 0.25) is 5.54 Å². The fraction of sp³-hybridized carbons (Fsp3) is 0.125. The molecule has 0 amide bonds. The lowest BCUT2D eigenvalue weighted by atomic mass is 9.91. The van der Waals surface area contributed by atoms with Crippen LogP contribution < -0.4 is 10.5 Å². The van der Waals surface area contributed by atoms with Gasteiger partial charge in [-0.2, -0.15) is 0 Å². The van der Waals surface area contributed by atoms with Crippen molar-refractivity contribution in [3.8, 4) is 17.2 Å². The van der Waals surface area contributed by atoms with Crippen molar-refractivity contribution >= 4 is 52.5 Å². The van der Waals surface area contributed by atoms with Gasteiger partial charge in [-0.15, -0.1) is 0 Å². The fourth-order valence-electron chi connectivity index (χ4n) is 3.09. The van der Waals surface area contributed by atoms with Gasteiger partial charge in [-0.1, -0.05) is 34.8 Å². The van der Waals surface area contributed by atoms with Gasteiger partial charge in [0.25, 0.3) is 0 Å². The van der Waals surface area contributed by atoms with Gasteiger partial charge in [0, 0.05) is 10.6 Å². The number of rotatable bonds is 8. The van der Waals surface area contributed by atoms with E-state index in [0.29, 0.717) is 5.02 Å². The Kier molecular flexibility index (Phi) is 7.92. The molecule has 3 rings (SSSR count). The maximum Gasteiger partial charge on any atom is 0.342 e. The standard InChI is InChI=1S/C24H18Cl3NO7/c1-2-34-23(33)24(28,22(31)32)13-9-17(26)21(18(27)10-13)35-15-7-8-19(29)16(11-15)20(30)12-3-5-14(25)6-4-12/h3-11,29H,2,28H2,1H3,(H,31,32). The number of hydrogen-bond acceptors (Lipinski definition) is 7. The summed E-state index contributed by atoms with van der Waals surface area (Å²) < 4.78 is 10.5. The molecule has 0 heterocycles. The zero-order valence-corrected chi connectivity index (χ0v) is 20.3. The summed E-state index contributed by atoms with van der Waals surface area (Å²) in [5, 5.41) is 19.9. The van der Waals surface area contributed by atoms with E-state index in [1.165, 1.54) is 49.4 Å². The van der Waals surface area contributed by atoms with Crippen LogP contribution >= 0.6 is 34.8 Å². The molecule has 0 bridgehead atoms. The number of carboxylic acid groups (broad SMARTS) is 1. The van der Waals surface area contributed by atoms with E-state index in [0.717, 1.165) is 12.1 Å². The van der Waals surface area contributed by atoms with Gasteiger partial charge in [-0.05, 0) is 67.1 Å². The second kappa shape index (κ2) is 10.5. The van der Waals surface area contributed by atoms with E-state index < -0.39 is 23.3 Å². The van der Waals surface area contributed by atoms with Crippen LogP contribution in [0.5, 0.6) is 17.2 Å². The lowest BCUT2D eigenvalue weighted by Crippen LogP contribution is -2.52. The molecule has 0 aliphatic heterocycles. The van der Waals surface area contributed by atoms with E-state index in [-0.39, 0.29) is 50.6 Å². The molecule has 0 saturated carbocycles. The first-order valence-electron chi connectivity index (χ1n) is 9.99. The molecule has 0 radical (unpaired) electrons. The topological polar surface area (TPSA) is 136 Å². The highest BCUT2D eigenvalue weighted by molar-refractivity contribution is 6.37. The predicted molar refractivity (Wildman–Crippen MR) is 130 cm³/mol. The summed E-state index contributed by atoms with van der Waals surface area (Å²) >= 11 is 18.4. The Morgan fingerprint density at radius 2 is 1.57 bits per heavy atom. The molecule has 3 aromatic carbocycles. The summed E-state index contributed by atoms with van der Waals surface area (Å²) in [5.74, 6) is -3.63. The second-order valence-corrected chi connectivity index (χ2v) is 8.47. The highest BCUT2D eigenvalue weighted by Gasteiger charge is 2.46. The summed E-state index contributed by atoms with van der Waals surface area (Å²) in [6.07, 6.45) is 0. The largest absolute Gasteiger partial charge is 0.507 e. The monoisotopic (exact) mass is 537 g/mol. The van der Waals surface area contributed by atoms with E-state index in [1.807, 2.05) is 0 Å². The molecule has 0 aromatic heterocycles. The Hall–Kier alpha value is -3.30. The third kappa shape index (κ3) is 5.36. The molecule has 8 nitrogen and oxygen atoms in total. The van der Waals surface area contributed by atoms with Crippen molar-refractivity contribution in [3.05, 3.63) is 86.4 Å². The zero-order chi connectivity index (χ0) is 25.9. The minimum Gasteiger partial charge on any atom is -0.507 e. The van der Waals surface area contributed by atoms with Gasteiger partial charge >= 0.3 is 11.9 Å². The number of carboxylic acids is 1. The molecule has 11 heteroatoms. The van der Waals surface area contributed by atoms with Crippen molar-refractivity contribution in [2.75, 3.05) is 6.61 Å². The number of phenolic OH excluding ortho intramolecular Hbond substituents is 1. The summed E-state index contributed by atoms with van der Waals surface area (Å²) in [5.41, 5.74) is 3.31. The van der Waals surface area contributed by atoms with Crippen molar-refractivity contribution < 1.29 is 34.1 Å². The highest BCUT2D eigenvalue weighted by Crippen LogP contribution is 2.40. The number of ketones is 1. The summed E-state index contributed by atoms with van der Waals surface area (Å²) in [6.45, 7) is 1.41. The molecule has 1 unspecified atom stereocenters. The molecule has 35 heavy (non-hydrogen) atoms. The van der Waals surface area contributed by atoms with Crippen molar-refractivity contribution in [2.45, 2.75) is 12.5 Å². The molecular weight excluding hydrogens is 521 g/mol. The van der Waals surface area contributed by atoms with Crippen LogP contribution in [0.25, 0.3) is 0 Å². The number of benzene rings is 3. The van der Waals surface area contributed by atoms with Gasteiger partial charge in [0.05, 0.1) is 22.2 Å². The van der Waals surface area contributed by atoms with E-state index in [4.69, 9.17) is 50.0 Å². The molecule has 3 aromatic rings. The number of esters is 1. The van der Waals surface area contributed by atoms with Crippen LogP contribution in [0.3, 0.4) is 0 Å². The van der Waals surface area contributed by atoms with Gasteiger partial charge in [0.1, 0.15) is 11.5 Å². The molecule has 1 atom stereocenters. The zero-order valence-electron chi connectivity index (χ0n) is 18.1. The van der Waals surface area contributed by atoms with Crippen LogP contribution in [0, 0.1) is 0 Å². The molecule has 0 aliphatic carbocycles. The molecule has 0 aliphatic rings. The number of aliphatic carboxylic acids is 1. The van der Waals surface area contributed by atoms with E-state index in [2.05, 4.69) is 0 Å². The smallest absolute Gasteiger partial charge is 0.342 e. The van der Waals surface area contributed by atoms with Crippen LogP contribution in [-0.4, -0.2) is 34.5 Å². The number of nitrogens with two attached hydrogens (primary N) is 1. The molecule has 0 saturated heterocycles. The third-order valence-electron chi connectivity index (χ3n) is 4.93. The van der Waals surface area contributed by atoms with Crippen molar-refractivity contribution in [1.29, 1.82) is 0 Å². The van der Waals surface area contributed by atoms with E-state index in [9.17, 15) is 24.6 Å². The first kappa shape index (κ1) is 26.3. The third-order valence-corrected chi connectivity index (χ3v) is 5.74. The maximum absolute atomic E-state index is 12.8. The highest BCUT2D eigenvalue weighted by atomic mass is 35.5. The summed E-state index contributed by atoms with van der Waals surface area (Å²) in [6, 6.07) is 12.3. The Morgan fingerprint density at radius 1 is 0.971 bits per heavy atom. The summed E-state index contributed by atoms with van der Waals surface area (Å²) in [4.78, 5) is 36.9.